The van der Waals surface area contributed by atoms with Gasteiger partial charge in [-0.15, -0.1) is 0 Å². The highest BCUT2D eigenvalue weighted by molar-refractivity contribution is 6.11. The van der Waals surface area contributed by atoms with Gasteiger partial charge in [0.15, 0.2) is 17.3 Å². The molecular weight excluding hydrogens is 386 g/mol. The summed E-state index contributed by atoms with van der Waals surface area (Å²) in [5, 5.41) is 0. The minimum Gasteiger partial charge on any atom is -0.493 e. The number of methoxy groups -OCH3 is 4. The molecule has 1 heterocycles. The van der Waals surface area contributed by atoms with Gasteiger partial charge < -0.3 is 23.9 Å². The number of rotatable bonds is 8. The molecule has 0 aliphatic carbocycles. The van der Waals surface area contributed by atoms with Crippen LogP contribution >= 0.6 is 0 Å². The van der Waals surface area contributed by atoms with E-state index in [0.29, 0.717) is 33.9 Å². The number of H-pyrrole nitrogens is 1. The molecule has 0 atom stereocenters. The lowest BCUT2D eigenvalue weighted by atomic mass is 9.93. The van der Waals surface area contributed by atoms with Crippen molar-refractivity contribution in [1.29, 1.82) is 0 Å². The molecule has 7 nitrogen and oxygen atoms in total. The number of carbonyl (C=O) groups excluding carboxylic acids is 2. The number of esters is 1. The Kier molecular flexibility index (Phi) is 6.41. The van der Waals surface area contributed by atoms with E-state index in [1.165, 1.54) is 28.4 Å². The molecule has 1 aromatic heterocycles. The first-order valence-electron chi connectivity index (χ1n) is 9.20. The van der Waals surface area contributed by atoms with E-state index < -0.39 is 5.97 Å². The average molecular weight is 409 g/mol. The van der Waals surface area contributed by atoms with Crippen LogP contribution < -0.4 is 14.2 Å². The highest BCUT2D eigenvalue weighted by Crippen LogP contribution is 2.39. The predicted molar refractivity (Wildman–Crippen MR) is 111 cm³/mol. The van der Waals surface area contributed by atoms with Gasteiger partial charge in [0, 0.05) is 23.0 Å². The van der Waals surface area contributed by atoms with E-state index in [-0.39, 0.29) is 12.2 Å². The number of carbonyl (C=O) groups is 2. The Morgan fingerprint density at radius 3 is 2.13 bits per heavy atom. The lowest BCUT2D eigenvalue weighted by molar-refractivity contribution is -0.139. The van der Waals surface area contributed by atoms with E-state index in [1.807, 2.05) is 18.2 Å². The number of aromatic nitrogens is 1. The number of ketones is 1. The maximum atomic E-state index is 13.5. The summed E-state index contributed by atoms with van der Waals surface area (Å²) >= 11 is 0. The molecule has 30 heavy (non-hydrogen) atoms. The monoisotopic (exact) mass is 409 g/mol. The Bertz CT molecular complexity index is 1030. The second kappa shape index (κ2) is 9.17. The predicted octanol–water partition coefficient (Wildman–Crippen LogP) is 3.65. The molecule has 0 fully saturated rings. The fraction of sp³-hybridized carbons (Fsp3) is 0.217. The standard InChI is InChI=1S/C23H23NO6/c1-27-19-11-16(12-20(28-2)23(19)30-4)22(26)17-10-15(18-6-5-9-24-18)8-7-14(17)13-21(25)29-3/h5-12,24H,13H2,1-4H3. The smallest absolute Gasteiger partial charge is 0.310 e. The number of hydrogen-bond acceptors (Lipinski definition) is 6. The van der Waals surface area contributed by atoms with Crippen molar-refractivity contribution in [3.63, 3.8) is 0 Å². The van der Waals surface area contributed by atoms with Gasteiger partial charge >= 0.3 is 5.97 Å². The van der Waals surface area contributed by atoms with Crippen molar-refractivity contribution >= 4 is 11.8 Å². The minimum absolute atomic E-state index is 0.0208. The van der Waals surface area contributed by atoms with E-state index in [9.17, 15) is 9.59 Å². The molecule has 0 amide bonds. The first-order valence-corrected chi connectivity index (χ1v) is 9.20. The SMILES string of the molecule is COC(=O)Cc1ccc(-c2ccc[nH]2)cc1C(=O)c1cc(OC)c(OC)c(OC)c1. The zero-order valence-electron chi connectivity index (χ0n) is 17.3. The number of ether oxygens (including phenoxy) is 4. The van der Waals surface area contributed by atoms with Crippen LogP contribution in [0.25, 0.3) is 11.3 Å². The normalized spacial score (nSPS) is 10.4. The van der Waals surface area contributed by atoms with Gasteiger partial charge in [-0.25, -0.2) is 0 Å². The number of aromatic amines is 1. The van der Waals surface area contributed by atoms with Gasteiger partial charge in [0.25, 0.3) is 0 Å². The van der Waals surface area contributed by atoms with Crippen molar-refractivity contribution < 1.29 is 28.5 Å². The summed E-state index contributed by atoms with van der Waals surface area (Å²) in [7, 11) is 5.78. The molecule has 0 saturated heterocycles. The summed E-state index contributed by atoms with van der Waals surface area (Å²) in [5.74, 6) is 0.431. The van der Waals surface area contributed by atoms with Crippen molar-refractivity contribution in [3.8, 4) is 28.5 Å². The summed E-state index contributed by atoms with van der Waals surface area (Å²) in [6, 6.07) is 12.3. The molecule has 3 rings (SSSR count). The third-order valence-corrected chi connectivity index (χ3v) is 4.75. The number of benzene rings is 2. The molecule has 156 valence electrons. The van der Waals surface area contributed by atoms with Crippen LogP contribution in [0, 0.1) is 0 Å². The Balaban J connectivity index is 2.13. The number of hydrogen-bond donors (Lipinski definition) is 1. The average Bonchev–Trinajstić information content (AvgIpc) is 3.32. The summed E-state index contributed by atoms with van der Waals surface area (Å²) in [4.78, 5) is 28.5. The van der Waals surface area contributed by atoms with Gasteiger partial charge in [0.1, 0.15) is 0 Å². The second-order valence-electron chi connectivity index (χ2n) is 6.45. The molecule has 0 radical (unpaired) electrons. The highest BCUT2D eigenvalue weighted by atomic mass is 16.5. The summed E-state index contributed by atoms with van der Waals surface area (Å²) in [6.45, 7) is 0. The van der Waals surface area contributed by atoms with Crippen LogP contribution in [0.2, 0.25) is 0 Å². The first-order chi connectivity index (χ1) is 14.5. The second-order valence-corrected chi connectivity index (χ2v) is 6.45. The van der Waals surface area contributed by atoms with E-state index in [1.54, 1.807) is 30.5 Å². The van der Waals surface area contributed by atoms with Gasteiger partial charge in [-0.1, -0.05) is 12.1 Å². The fourth-order valence-corrected chi connectivity index (χ4v) is 3.21. The maximum Gasteiger partial charge on any atom is 0.310 e. The molecule has 0 spiro atoms. The molecular formula is C23H23NO6. The summed E-state index contributed by atoms with van der Waals surface area (Å²) in [5.41, 5.74) is 2.99. The zero-order chi connectivity index (χ0) is 21.7. The third-order valence-electron chi connectivity index (χ3n) is 4.75. The van der Waals surface area contributed by atoms with Gasteiger partial charge in [-0.3, -0.25) is 9.59 Å². The molecule has 0 aliphatic heterocycles. The van der Waals surface area contributed by atoms with Gasteiger partial charge in [0.2, 0.25) is 5.75 Å². The van der Waals surface area contributed by atoms with Gasteiger partial charge in [0.05, 0.1) is 34.9 Å². The summed E-state index contributed by atoms with van der Waals surface area (Å²) in [6.07, 6.45) is 1.78. The molecule has 0 unspecified atom stereocenters. The van der Waals surface area contributed by atoms with E-state index in [2.05, 4.69) is 4.98 Å². The van der Waals surface area contributed by atoms with E-state index in [0.717, 1.165) is 11.3 Å². The molecule has 0 saturated carbocycles. The zero-order valence-corrected chi connectivity index (χ0v) is 17.3. The quantitative estimate of drug-likeness (QED) is 0.451. The molecule has 0 aliphatic rings. The fourth-order valence-electron chi connectivity index (χ4n) is 3.21. The van der Waals surface area contributed by atoms with Crippen molar-refractivity contribution in [2.75, 3.05) is 28.4 Å². The van der Waals surface area contributed by atoms with Crippen LogP contribution in [-0.2, 0) is 16.0 Å². The molecule has 1 N–H and O–H groups in total. The first kappa shape index (κ1) is 21.0. The lowest BCUT2D eigenvalue weighted by Crippen LogP contribution is -2.12. The summed E-state index contributed by atoms with van der Waals surface area (Å²) < 4.78 is 20.8. The highest BCUT2D eigenvalue weighted by Gasteiger charge is 2.21. The topological polar surface area (TPSA) is 86.9 Å². The Morgan fingerprint density at radius 1 is 0.900 bits per heavy atom. The lowest BCUT2D eigenvalue weighted by Gasteiger charge is -2.15. The Labute approximate surface area is 174 Å². The van der Waals surface area contributed by atoms with Crippen molar-refractivity contribution in [3.05, 3.63) is 65.4 Å². The van der Waals surface area contributed by atoms with Crippen molar-refractivity contribution in [2.24, 2.45) is 0 Å². The van der Waals surface area contributed by atoms with Crippen molar-refractivity contribution in [1.82, 2.24) is 4.98 Å². The molecule has 7 heteroatoms. The van der Waals surface area contributed by atoms with Crippen LogP contribution in [0.3, 0.4) is 0 Å². The Morgan fingerprint density at radius 2 is 1.60 bits per heavy atom. The Hall–Kier alpha value is -3.74. The molecule has 2 aromatic carbocycles. The van der Waals surface area contributed by atoms with Crippen LogP contribution in [0.4, 0.5) is 0 Å². The number of nitrogens with one attached hydrogen (secondary N) is 1. The molecule has 0 bridgehead atoms. The van der Waals surface area contributed by atoms with Crippen LogP contribution in [-0.4, -0.2) is 45.2 Å². The van der Waals surface area contributed by atoms with Crippen LogP contribution in [0.1, 0.15) is 21.5 Å². The van der Waals surface area contributed by atoms with Crippen LogP contribution in [0.15, 0.2) is 48.7 Å². The maximum absolute atomic E-state index is 13.5. The third kappa shape index (κ3) is 4.15. The van der Waals surface area contributed by atoms with E-state index >= 15 is 0 Å². The van der Waals surface area contributed by atoms with Gasteiger partial charge in [-0.05, 0) is 41.5 Å². The van der Waals surface area contributed by atoms with Gasteiger partial charge in [-0.2, -0.15) is 0 Å². The van der Waals surface area contributed by atoms with E-state index in [4.69, 9.17) is 18.9 Å². The largest absolute Gasteiger partial charge is 0.493 e. The van der Waals surface area contributed by atoms with Crippen LogP contribution in [0.5, 0.6) is 17.2 Å². The molecule has 3 aromatic rings. The van der Waals surface area contributed by atoms with Crippen molar-refractivity contribution in [2.45, 2.75) is 6.42 Å². The minimum atomic E-state index is -0.429.